The van der Waals surface area contributed by atoms with Gasteiger partial charge in [-0.25, -0.2) is 4.72 Å². The molecular formula is C12H20N2O2S. The van der Waals surface area contributed by atoms with E-state index in [9.17, 15) is 10.1 Å². The molecule has 0 heterocycles. The first-order valence-electron chi connectivity index (χ1n) is 5.75. The first-order chi connectivity index (χ1) is 7.81. The highest BCUT2D eigenvalue weighted by Gasteiger charge is 2.43. The van der Waals surface area contributed by atoms with Gasteiger partial charge in [-0.2, -0.15) is 0 Å². The largest absolute Gasteiger partial charge is 0.264 e. The maximum atomic E-state index is 11.1. The number of rotatable bonds is 4. The van der Waals surface area contributed by atoms with E-state index in [4.69, 9.17) is 0 Å². The normalized spacial score (nSPS) is 28.4. The fraction of sp³-hybridized carbons (Fsp3) is 0.667. The number of nitrogens with one attached hydrogen (secondary N) is 1. The number of nitro groups is 1. The second-order valence-electron chi connectivity index (χ2n) is 5.18. The third-order valence-corrected chi connectivity index (χ3v) is 3.78. The first kappa shape index (κ1) is 14.3. The van der Waals surface area contributed by atoms with E-state index in [0.29, 0.717) is 6.42 Å². The molecule has 0 saturated carbocycles. The van der Waals surface area contributed by atoms with Crippen molar-refractivity contribution in [1.82, 2.24) is 4.72 Å². The topological polar surface area (TPSA) is 55.2 Å². The molecular weight excluding hydrogens is 236 g/mol. The Morgan fingerprint density at radius 3 is 2.59 bits per heavy atom. The molecule has 0 aromatic carbocycles. The predicted octanol–water partition coefficient (Wildman–Crippen LogP) is 2.94. The van der Waals surface area contributed by atoms with Crippen molar-refractivity contribution in [3.63, 3.8) is 0 Å². The molecule has 0 fully saturated rings. The Bertz CT molecular complexity index is 347. The Hall–Kier alpha value is -0.810. The number of hydrogen-bond donors (Lipinski definition) is 1. The molecule has 1 unspecified atom stereocenters. The highest BCUT2D eigenvalue weighted by Crippen LogP contribution is 2.30. The van der Waals surface area contributed by atoms with Crippen molar-refractivity contribution in [2.45, 2.75) is 50.4 Å². The molecule has 0 bridgehead atoms. The molecule has 17 heavy (non-hydrogen) atoms. The number of allylic oxidation sites excluding steroid dienone is 2. The van der Waals surface area contributed by atoms with E-state index in [0.717, 1.165) is 0 Å². The molecule has 0 aromatic rings. The fourth-order valence-electron chi connectivity index (χ4n) is 1.67. The summed E-state index contributed by atoms with van der Waals surface area (Å²) in [6.45, 7) is 8.21. The van der Waals surface area contributed by atoms with Crippen molar-refractivity contribution in [2.24, 2.45) is 0 Å². The molecule has 2 atom stereocenters. The van der Waals surface area contributed by atoms with Gasteiger partial charge in [0.2, 0.25) is 0 Å². The van der Waals surface area contributed by atoms with E-state index in [1.807, 2.05) is 19.1 Å². The summed E-state index contributed by atoms with van der Waals surface area (Å²) in [6.07, 6.45) is 7.85. The van der Waals surface area contributed by atoms with E-state index < -0.39 is 11.6 Å². The second kappa shape index (κ2) is 5.23. The minimum absolute atomic E-state index is 0.0261. The van der Waals surface area contributed by atoms with Crippen LogP contribution in [0.4, 0.5) is 0 Å². The molecule has 0 radical (unpaired) electrons. The van der Waals surface area contributed by atoms with E-state index in [1.54, 1.807) is 24.1 Å². The van der Waals surface area contributed by atoms with E-state index in [2.05, 4.69) is 25.5 Å². The lowest BCUT2D eigenvalue weighted by molar-refractivity contribution is -0.518. The summed E-state index contributed by atoms with van der Waals surface area (Å²) in [5.74, 6) is 0. The Morgan fingerprint density at radius 2 is 2.12 bits per heavy atom. The van der Waals surface area contributed by atoms with Crippen LogP contribution in [0.25, 0.3) is 0 Å². The predicted molar refractivity (Wildman–Crippen MR) is 72.6 cm³/mol. The molecule has 4 nitrogen and oxygen atoms in total. The van der Waals surface area contributed by atoms with Gasteiger partial charge < -0.3 is 0 Å². The van der Waals surface area contributed by atoms with Crippen molar-refractivity contribution in [2.75, 3.05) is 0 Å². The summed E-state index contributed by atoms with van der Waals surface area (Å²) in [5.41, 5.74) is -0.587. The van der Waals surface area contributed by atoms with Gasteiger partial charge in [0.15, 0.2) is 0 Å². The molecule has 0 saturated heterocycles. The lowest BCUT2D eigenvalue weighted by Gasteiger charge is -2.35. The van der Waals surface area contributed by atoms with Crippen molar-refractivity contribution in [1.29, 1.82) is 0 Å². The Balaban J connectivity index is 2.88. The smallest absolute Gasteiger partial charge is 0.253 e. The van der Waals surface area contributed by atoms with Gasteiger partial charge in [-0.15, -0.1) is 0 Å². The monoisotopic (exact) mass is 256 g/mol. The van der Waals surface area contributed by atoms with E-state index in [-0.39, 0.29) is 9.67 Å². The first-order valence-corrected chi connectivity index (χ1v) is 6.57. The molecule has 1 N–H and O–H groups in total. The van der Waals surface area contributed by atoms with Crippen LogP contribution in [0.15, 0.2) is 24.3 Å². The van der Waals surface area contributed by atoms with Gasteiger partial charge in [-0.3, -0.25) is 10.1 Å². The van der Waals surface area contributed by atoms with E-state index in [1.165, 1.54) is 0 Å². The molecule has 0 spiro atoms. The third-order valence-electron chi connectivity index (χ3n) is 2.69. The van der Waals surface area contributed by atoms with Gasteiger partial charge in [-0.05, 0) is 33.3 Å². The molecule has 96 valence electrons. The van der Waals surface area contributed by atoms with Crippen LogP contribution in [0, 0.1) is 10.1 Å². The second-order valence-corrected chi connectivity index (χ2v) is 6.82. The maximum absolute atomic E-state index is 11.1. The molecule has 5 heteroatoms. The SMILES string of the molecule is CC[C@]1(NSC(C)(C)C)C=CC=CC1[N+](=O)[O-]. The molecule has 1 rings (SSSR count). The fourth-order valence-corrected chi connectivity index (χ4v) is 2.50. The highest BCUT2D eigenvalue weighted by atomic mass is 32.2. The molecule has 0 amide bonds. The zero-order valence-corrected chi connectivity index (χ0v) is 11.6. The summed E-state index contributed by atoms with van der Waals surface area (Å²) >= 11 is 1.55. The van der Waals surface area contributed by atoms with Crippen LogP contribution >= 0.6 is 11.9 Å². The zero-order chi connectivity index (χ0) is 13.1. The Morgan fingerprint density at radius 1 is 1.47 bits per heavy atom. The van der Waals surface area contributed by atoms with Crippen LogP contribution in [-0.4, -0.2) is 21.3 Å². The van der Waals surface area contributed by atoms with E-state index >= 15 is 0 Å². The molecule has 1 aliphatic rings. The molecule has 1 aliphatic carbocycles. The molecule has 0 aliphatic heterocycles. The summed E-state index contributed by atoms with van der Waals surface area (Å²) < 4.78 is 3.32. The standard InChI is InChI=1S/C12H20N2O2S/c1-5-12(13-17-11(2,3)4)9-7-6-8-10(12)14(15)16/h6-10,13H,5H2,1-4H3/t10?,12-/m0/s1. The Kier molecular flexibility index (Phi) is 4.38. The Labute approximate surface area is 107 Å². The van der Waals surface area contributed by atoms with Gasteiger partial charge >= 0.3 is 0 Å². The zero-order valence-electron chi connectivity index (χ0n) is 10.8. The van der Waals surface area contributed by atoms with Crippen LogP contribution in [0.5, 0.6) is 0 Å². The maximum Gasteiger partial charge on any atom is 0.253 e. The summed E-state index contributed by atoms with van der Waals surface area (Å²) in [6, 6.07) is -0.702. The number of hydrogen-bond acceptors (Lipinski definition) is 4. The lowest BCUT2D eigenvalue weighted by atomic mass is 9.85. The quantitative estimate of drug-likeness (QED) is 0.477. The van der Waals surface area contributed by atoms with Crippen molar-refractivity contribution in [3.8, 4) is 0 Å². The average Bonchev–Trinajstić information content (AvgIpc) is 2.25. The van der Waals surface area contributed by atoms with Crippen LogP contribution in [-0.2, 0) is 0 Å². The van der Waals surface area contributed by atoms with Crippen LogP contribution in [0.2, 0.25) is 0 Å². The van der Waals surface area contributed by atoms with Gasteiger partial charge in [0, 0.05) is 9.67 Å². The highest BCUT2D eigenvalue weighted by molar-refractivity contribution is 7.98. The van der Waals surface area contributed by atoms with Crippen molar-refractivity contribution in [3.05, 3.63) is 34.4 Å². The van der Waals surface area contributed by atoms with Gasteiger partial charge in [-0.1, -0.05) is 37.1 Å². The van der Waals surface area contributed by atoms with Gasteiger partial charge in [0.05, 0.1) is 0 Å². The lowest BCUT2D eigenvalue weighted by Crippen LogP contribution is -2.54. The minimum Gasteiger partial charge on any atom is -0.264 e. The van der Waals surface area contributed by atoms with Crippen molar-refractivity contribution < 1.29 is 4.92 Å². The van der Waals surface area contributed by atoms with Crippen LogP contribution in [0.3, 0.4) is 0 Å². The van der Waals surface area contributed by atoms with Gasteiger partial charge in [0.1, 0.15) is 5.54 Å². The average molecular weight is 256 g/mol. The van der Waals surface area contributed by atoms with Crippen LogP contribution in [0.1, 0.15) is 34.1 Å². The minimum atomic E-state index is -0.702. The van der Waals surface area contributed by atoms with Crippen LogP contribution < -0.4 is 4.72 Å². The summed E-state index contributed by atoms with van der Waals surface area (Å²) in [7, 11) is 0. The number of nitrogens with zero attached hydrogens (tertiary/aromatic N) is 1. The third kappa shape index (κ3) is 3.57. The summed E-state index contributed by atoms with van der Waals surface area (Å²) in [5, 5.41) is 11.1. The molecule has 0 aromatic heterocycles. The summed E-state index contributed by atoms with van der Waals surface area (Å²) in [4.78, 5) is 10.9. The van der Waals surface area contributed by atoms with Gasteiger partial charge in [0.25, 0.3) is 6.04 Å². The van der Waals surface area contributed by atoms with Crippen molar-refractivity contribution >= 4 is 11.9 Å².